The zero-order chi connectivity index (χ0) is 14.7. The average Bonchev–Trinajstić information content (AvgIpc) is 2.80. The molecule has 0 spiro atoms. The first-order valence-corrected chi connectivity index (χ1v) is 8.37. The molecule has 0 saturated heterocycles. The monoisotopic (exact) mass is 399 g/mol. The minimum Gasteiger partial charge on any atom is -0.305 e. The molecule has 1 N–H and O–H groups in total. The fraction of sp³-hybridized carbons (Fsp3) is 0.400. The number of aromatic nitrogens is 2. The van der Waals surface area contributed by atoms with Crippen molar-refractivity contribution in [2.75, 3.05) is 6.54 Å². The molecule has 1 aromatic carbocycles. The molecular weight excluding hydrogens is 382 g/mol. The van der Waals surface area contributed by atoms with E-state index in [1.165, 1.54) is 16.8 Å². The Morgan fingerprint density at radius 3 is 2.60 bits per heavy atom. The summed E-state index contributed by atoms with van der Waals surface area (Å²) in [5.41, 5.74) is 3.65. The number of benzene rings is 1. The van der Waals surface area contributed by atoms with Crippen LogP contribution in [-0.2, 0) is 6.54 Å². The Labute approximate surface area is 137 Å². The van der Waals surface area contributed by atoms with Gasteiger partial charge in [0.2, 0.25) is 0 Å². The number of nitrogens with one attached hydrogen (secondary N) is 1. The molecule has 20 heavy (non-hydrogen) atoms. The molecule has 0 aliphatic heterocycles. The fourth-order valence-corrected chi connectivity index (χ4v) is 3.20. The van der Waals surface area contributed by atoms with Gasteiger partial charge in [-0.05, 0) is 53.5 Å². The van der Waals surface area contributed by atoms with Crippen LogP contribution in [0.3, 0.4) is 0 Å². The molecule has 108 valence electrons. The van der Waals surface area contributed by atoms with Crippen molar-refractivity contribution in [3.8, 4) is 0 Å². The number of aryl methyl sites for hydroxylation is 2. The predicted molar refractivity (Wildman–Crippen MR) is 90.0 cm³/mol. The standard InChI is InChI=1S/C15H19Br2N3/c1-4-18-14(11-7-6-10(3)12(16)8-11)15-13(17)9-19-20(15)5-2/h6-9,14,18H,4-5H2,1-3H3. The number of rotatable bonds is 5. The van der Waals surface area contributed by atoms with Crippen LogP contribution in [0.5, 0.6) is 0 Å². The third-order valence-corrected chi connectivity index (χ3v) is 4.81. The van der Waals surface area contributed by atoms with Crippen LogP contribution in [0.4, 0.5) is 0 Å². The number of hydrogen-bond acceptors (Lipinski definition) is 2. The number of nitrogens with zero attached hydrogens (tertiary/aromatic N) is 2. The molecule has 1 aromatic heterocycles. The highest BCUT2D eigenvalue weighted by Crippen LogP contribution is 2.30. The zero-order valence-corrected chi connectivity index (χ0v) is 15.1. The highest BCUT2D eigenvalue weighted by molar-refractivity contribution is 9.10. The lowest BCUT2D eigenvalue weighted by atomic mass is 10.0. The van der Waals surface area contributed by atoms with E-state index in [0.717, 1.165) is 22.0 Å². The molecule has 2 aromatic rings. The second-order valence-corrected chi connectivity index (χ2v) is 6.40. The second-order valence-electron chi connectivity index (χ2n) is 4.69. The highest BCUT2D eigenvalue weighted by Gasteiger charge is 2.21. The molecule has 0 bridgehead atoms. The van der Waals surface area contributed by atoms with Gasteiger partial charge in [0, 0.05) is 11.0 Å². The van der Waals surface area contributed by atoms with E-state index >= 15 is 0 Å². The Bertz CT molecular complexity index is 593. The van der Waals surface area contributed by atoms with E-state index in [-0.39, 0.29) is 6.04 Å². The summed E-state index contributed by atoms with van der Waals surface area (Å²) in [6.07, 6.45) is 1.87. The van der Waals surface area contributed by atoms with E-state index in [1.807, 2.05) is 10.9 Å². The van der Waals surface area contributed by atoms with Gasteiger partial charge in [0.15, 0.2) is 0 Å². The Morgan fingerprint density at radius 1 is 1.25 bits per heavy atom. The maximum Gasteiger partial charge on any atom is 0.0760 e. The van der Waals surface area contributed by atoms with Crippen molar-refractivity contribution in [1.82, 2.24) is 15.1 Å². The van der Waals surface area contributed by atoms with Gasteiger partial charge in [0.1, 0.15) is 0 Å². The topological polar surface area (TPSA) is 29.9 Å². The molecule has 2 rings (SSSR count). The summed E-state index contributed by atoms with van der Waals surface area (Å²) in [5, 5.41) is 7.97. The summed E-state index contributed by atoms with van der Waals surface area (Å²) in [6, 6.07) is 6.63. The number of halogens is 2. The highest BCUT2D eigenvalue weighted by atomic mass is 79.9. The molecule has 0 aliphatic rings. The molecule has 5 heteroatoms. The van der Waals surface area contributed by atoms with Gasteiger partial charge in [0.25, 0.3) is 0 Å². The quantitative estimate of drug-likeness (QED) is 0.804. The maximum absolute atomic E-state index is 4.42. The van der Waals surface area contributed by atoms with Gasteiger partial charge in [0.05, 0.1) is 22.4 Å². The van der Waals surface area contributed by atoms with Crippen LogP contribution in [0.25, 0.3) is 0 Å². The summed E-state index contributed by atoms with van der Waals surface area (Å²) < 4.78 is 4.21. The minimum atomic E-state index is 0.133. The lowest BCUT2D eigenvalue weighted by Crippen LogP contribution is -2.25. The number of hydrogen-bond donors (Lipinski definition) is 1. The van der Waals surface area contributed by atoms with Crippen LogP contribution in [0.15, 0.2) is 33.3 Å². The maximum atomic E-state index is 4.42. The van der Waals surface area contributed by atoms with E-state index in [2.05, 4.69) is 81.2 Å². The first-order chi connectivity index (χ1) is 9.58. The minimum absolute atomic E-state index is 0.133. The normalized spacial score (nSPS) is 12.7. The summed E-state index contributed by atoms with van der Waals surface area (Å²) in [4.78, 5) is 0. The first kappa shape index (κ1) is 15.7. The van der Waals surface area contributed by atoms with Gasteiger partial charge < -0.3 is 5.32 Å². The van der Waals surface area contributed by atoms with Gasteiger partial charge in [-0.25, -0.2) is 0 Å². The molecule has 0 aliphatic carbocycles. The van der Waals surface area contributed by atoms with Crippen LogP contribution < -0.4 is 5.32 Å². The van der Waals surface area contributed by atoms with Crippen molar-refractivity contribution in [3.63, 3.8) is 0 Å². The molecule has 0 saturated carbocycles. The van der Waals surface area contributed by atoms with Crippen LogP contribution in [0, 0.1) is 6.92 Å². The largest absolute Gasteiger partial charge is 0.305 e. The van der Waals surface area contributed by atoms with E-state index in [4.69, 9.17) is 0 Å². The van der Waals surface area contributed by atoms with Crippen LogP contribution in [-0.4, -0.2) is 16.3 Å². The SMILES string of the molecule is CCNC(c1ccc(C)c(Br)c1)c1c(Br)cnn1CC. The van der Waals surface area contributed by atoms with Gasteiger partial charge in [-0.2, -0.15) is 5.10 Å². The van der Waals surface area contributed by atoms with Gasteiger partial charge in [-0.3, -0.25) is 4.68 Å². The van der Waals surface area contributed by atoms with Gasteiger partial charge in [-0.1, -0.05) is 35.0 Å². The molecule has 1 heterocycles. The van der Waals surface area contributed by atoms with Crippen molar-refractivity contribution in [3.05, 3.63) is 50.2 Å². The Hall–Kier alpha value is -0.650. The third-order valence-electron chi connectivity index (χ3n) is 3.34. The Balaban J connectivity index is 2.49. The zero-order valence-electron chi connectivity index (χ0n) is 12.0. The van der Waals surface area contributed by atoms with Gasteiger partial charge >= 0.3 is 0 Å². The second kappa shape index (κ2) is 6.87. The Morgan fingerprint density at radius 2 is 2.00 bits per heavy atom. The summed E-state index contributed by atoms with van der Waals surface area (Å²) in [5.74, 6) is 0. The molecule has 0 fully saturated rings. The molecule has 1 atom stereocenters. The van der Waals surface area contributed by atoms with Crippen molar-refractivity contribution in [2.45, 2.75) is 33.4 Å². The molecule has 1 unspecified atom stereocenters. The van der Waals surface area contributed by atoms with Crippen LogP contribution in [0.2, 0.25) is 0 Å². The van der Waals surface area contributed by atoms with E-state index < -0.39 is 0 Å². The van der Waals surface area contributed by atoms with Crippen LogP contribution >= 0.6 is 31.9 Å². The van der Waals surface area contributed by atoms with E-state index in [1.54, 1.807) is 0 Å². The average molecular weight is 401 g/mol. The van der Waals surface area contributed by atoms with Gasteiger partial charge in [-0.15, -0.1) is 0 Å². The summed E-state index contributed by atoms with van der Waals surface area (Å²) >= 11 is 7.24. The Kier molecular flexibility index (Phi) is 5.41. The van der Waals surface area contributed by atoms with E-state index in [9.17, 15) is 0 Å². The van der Waals surface area contributed by atoms with Crippen molar-refractivity contribution in [2.24, 2.45) is 0 Å². The third kappa shape index (κ3) is 3.15. The summed E-state index contributed by atoms with van der Waals surface area (Å²) in [7, 11) is 0. The fourth-order valence-electron chi connectivity index (χ4n) is 2.28. The van der Waals surface area contributed by atoms with Crippen molar-refractivity contribution < 1.29 is 0 Å². The first-order valence-electron chi connectivity index (χ1n) is 6.79. The smallest absolute Gasteiger partial charge is 0.0760 e. The molecule has 0 amide bonds. The molecule has 0 radical (unpaired) electrons. The lowest BCUT2D eigenvalue weighted by molar-refractivity contribution is 0.540. The molecular formula is C15H19Br2N3. The molecule has 3 nitrogen and oxygen atoms in total. The van der Waals surface area contributed by atoms with Crippen molar-refractivity contribution in [1.29, 1.82) is 0 Å². The summed E-state index contributed by atoms with van der Waals surface area (Å²) in [6.45, 7) is 8.09. The van der Waals surface area contributed by atoms with E-state index in [0.29, 0.717) is 0 Å². The van der Waals surface area contributed by atoms with Crippen molar-refractivity contribution >= 4 is 31.9 Å². The lowest BCUT2D eigenvalue weighted by Gasteiger charge is -2.21. The van der Waals surface area contributed by atoms with Crippen LogP contribution in [0.1, 0.15) is 36.7 Å². The predicted octanol–water partition coefficient (Wildman–Crippen LogP) is 4.44.